The fourth-order valence-corrected chi connectivity index (χ4v) is 4.10. The zero-order valence-electron chi connectivity index (χ0n) is 19.4. The van der Waals surface area contributed by atoms with Crippen LogP contribution < -0.4 is 5.32 Å². The maximum Gasteiger partial charge on any atom is 0.261 e. The zero-order valence-corrected chi connectivity index (χ0v) is 19.4. The van der Waals surface area contributed by atoms with Crippen LogP contribution in [-0.4, -0.2) is 29.2 Å². The molecule has 0 unspecified atom stereocenters. The van der Waals surface area contributed by atoms with Gasteiger partial charge in [-0.15, -0.1) is 0 Å². The highest BCUT2D eigenvalue weighted by Gasteiger charge is 2.34. The number of carbonyl (C=O) groups is 3. The van der Waals surface area contributed by atoms with E-state index in [4.69, 9.17) is 4.42 Å². The van der Waals surface area contributed by atoms with Crippen LogP contribution in [0.15, 0.2) is 28.7 Å². The lowest BCUT2D eigenvalue weighted by molar-refractivity contribution is -0.116. The summed E-state index contributed by atoms with van der Waals surface area (Å²) in [5.74, 6) is 0.402. The Kier molecular flexibility index (Phi) is 8.42. The van der Waals surface area contributed by atoms with Crippen molar-refractivity contribution in [1.29, 1.82) is 5.26 Å². The number of nitriles is 1. The van der Waals surface area contributed by atoms with E-state index in [1.165, 1.54) is 4.90 Å². The van der Waals surface area contributed by atoms with Gasteiger partial charge in [0.05, 0.1) is 11.1 Å². The van der Waals surface area contributed by atoms with E-state index >= 15 is 0 Å². The molecule has 1 aromatic heterocycles. The van der Waals surface area contributed by atoms with Crippen molar-refractivity contribution in [2.24, 2.45) is 0 Å². The third-order valence-corrected chi connectivity index (χ3v) is 6.16. The fourth-order valence-electron chi connectivity index (χ4n) is 4.10. The van der Waals surface area contributed by atoms with Gasteiger partial charge in [0.15, 0.2) is 0 Å². The number of rotatable bonds is 12. The summed E-state index contributed by atoms with van der Waals surface area (Å²) >= 11 is 0. The molecule has 0 atom stereocenters. The second-order valence-corrected chi connectivity index (χ2v) is 8.53. The Bertz CT molecular complexity index is 1030. The van der Waals surface area contributed by atoms with Crippen LogP contribution in [-0.2, 0) is 4.79 Å². The lowest BCUT2D eigenvalue weighted by Gasteiger charge is -2.13. The predicted molar refractivity (Wildman–Crippen MR) is 125 cm³/mol. The van der Waals surface area contributed by atoms with Gasteiger partial charge < -0.3 is 4.42 Å². The lowest BCUT2D eigenvalue weighted by atomic mass is 10.1. The molecule has 33 heavy (non-hydrogen) atoms. The highest BCUT2D eigenvalue weighted by atomic mass is 16.4. The zero-order chi connectivity index (χ0) is 23.8. The minimum atomic E-state index is -0.180. The molecule has 1 N–H and O–H groups in total. The number of fused-ring (bicyclic) bond motifs is 1. The Labute approximate surface area is 194 Å². The van der Waals surface area contributed by atoms with E-state index in [0.29, 0.717) is 35.4 Å². The largest absolute Gasteiger partial charge is 0.444 e. The van der Waals surface area contributed by atoms with Crippen molar-refractivity contribution in [3.63, 3.8) is 0 Å². The molecule has 0 spiro atoms. The maximum atomic E-state index is 12.3. The number of nitrogens with zero attached hydrogens (tertiary/aromatic N) is 2. The first-order valence-corrected chi connectivity index (χ1v) is 11.7. The van der Waals surface area contributed by atoms with Gasteiger partial charge >= 0.3 is 0 Å². The summed E-state index contributed by atoms with van der Waals surface area (Å²) in [5.41, 5.74) is 2.17. The van der Waals surface area contributed by atoms with Gasteiger partial charge in [-0.05, 0) is 38.8 Å². The maximum absolute atomic E-state index is 12.3. The number of carbonyl (C=O) groups excluding carboxylic acids is 3. The summed E-state index contributed by atoms with van der Waals surface area (Å²) in [5, 5.41) is 11.9. The van der Waals surface area contributed by atoms with E-state index in [9.17, 15) is 19.6 Å². The molecule has 0 saturated carbocycles. The second-order valence-electron chi connectivity index (χ2n) is 8.53. The smallest absolute Gasteiger partial charge is 0.261 e. The molecule has 0 bridgehead atoms. The first-order valence-electron chi connectivity index (χ1n) is 11.7. The van der Waals surface area contributed by atoms with E-state index in [-0.39, 0.29) is 23.6 Å². The van der Waals surface area contributed by atoms with Gasteiger partial charge in [-0.25, -0.2) is 0 Å². The van der Waals surface area contributed by atoms with Crippen LogP contribution in [0.4, 0.5) is 5.88 Å². The average Bonchev–Trinajstić information content (AvgIpc) is 3.21. The van der Waals surface area contributed by atoms with Crippen LogP contribution in [0.3, 0.4) is 0 Å². The van der Waals surface area contributed by atoms with E-state index in [2.05, 4.69) is 11.4 Å². The Morgan fingerprint density at radius 1 is 0.939 bits per heavy atom. The van der Waals surface area contributed by atoms with Crippen molar-refractivity contribution in [2.75, 3.05) is 11.9 Å². The van der Waals surface area contributed by atoms with Crippen LogP contribution in [0.1, 0.15) is 95.4 Å². The number of amides is 3. The number of aryl methyl sites for hydroxylation is 1. The van der Waals surface area contributed by atoms with Crippen molar-refractivity contribution in [3.8, 4) is 6.07 Å². The van der Waals surface area contributed by atoms with Gasteiger partial charge in [0.25, 0.3) is 11.8 Å². The Morgan fingerprint density at radius 2 is 1.48 bits per heavy atom. The summed E-state index contributed by atoms with van der Waals surface area (Å²) in [6.07, 6.45) is 8.32. The van der Waals surface area contributed by atoms with Gasteiger partial charge in [0.1, 0.15) is 17.4 Å². The number of unbranched alkanes of at least 4 members (excludes halogenated alkanes) is 7. The average molecular weight is 450 g/mol. The molecule has 174 valence electrons. The van der Waals surface area contributed by atoms with Crippen molar-refractivity contribution in [2.45, 2.75) is 71.6 Å². The van der Waals surface area contributed by atoms with E-state index in [1.54, 1.807) is 38.1 Å². The summed E-state index contributed by atoms with van der Waals surface area (Å²) < 4.78 is 5.46. The van der Waals surface area contributed by atoms with Gasteiger partial charge in [0, 0.05) is 18.5 Å². The molecule has 7 nitrogen and oxygen atoms in total. The SMILES string of the molecule is Cc1oc(NC(=O)CCCCCCCCCCN2C(=O)c3ccccc3C2=O)c(C#N)c1C. The summed E-state index contributed by atoms with van der Waals surface area (Å²) in [7, 11) is 0. The molecule has 1 aromatic carbocycles. The van der Waals surface area contributed by atoms with Crippen LogP contribution in [0, 0.1) is 25.2 Å². The van der Waals surface area contributed by atoms with E-state index < -0.39 is 0 Å². The highest BCUT2D eigenvalue weighted by Crippen LogP contribution is 2.26. The lowest BCUT2D eigenvalue weighted by Crippen LogP contribution is -2.30. The fraction of sp³-hybridized carbons (Fsp3) is 0.462. The van der Waals surface area contributed by atoms with Gasteiger partial charge in [0.2, 0.25) is 11.8 Å². The summed E-state index contributed by atoms with van der Waals surface area (Å²) in [6, 6.07) is 9.06. The molecular formula is C26H31N3O4. The first-order chi connectivity index (χ1) is 15.9. The number of imide groups is 1. The van der Waals surface area contributed by atoms with Gasteiger partial charge in [-0.3, -0.25) is 24.6 Å². The Balaban J connectivity index is 1.22. The number of benzene rings is 1. The summed E-state index contributed by atoms with van der Waals surface area (Å²) in [4.78, 5) is 38.1. The third-order valence-electron chi connectivity index (χ3n) is 6.16. The molecule has 0 aliphatic carbocycles. The Hall–Kier alpha value is -3.40. The van der Waals surface area contributed by atoms with Crippen molar-refractivity contribution in [1.82, 2.24) is 4.90 Å². The monoisotopic (exact) mass is 449 g/mol. The van der Waals surface area contributed by atoms with Crippen LogP contribution in [0.2, 0.25) is 0 Å². The molecule has 7 heteroatoms. The van der Waals surface area contributed by atoms with Crippen molar-refractivity contribution >= 4 is 23.6 Å². The predicted octanol–water partition coefficient (Wildman–Crippen LogP) is 5.51. The molecule has 2 heterocycles. The molecular weight excluding hydrogens is 418 g/mol. The molecule has 0 fully saturated rings. The quantitative estimate of drug-likeness (QED) is 0.340. The van der Waals surface area contributed by atoms with Crippen molar-refractivity contribution in [3.05, 3.63) is 52.3 Å². The highest BCUT2D eigenvalue weighted by molar-refractivity contribution is 6.21. The van der Waals surface area contributed by atoms with Gasteiger partial charge in [-0.1, -0.05) is 50.7 Å². The minimum Gasteiger partial charge on any atom is -0.444 e. The molecule has 3 amide bonds. The normalized spacial score (nSPS) is 12.7. The second kappa shape index (κ2) is 11.5. The van der Waals surface area contributed by atoms with Crippen molar-refractivity contribution < 1.29 is 18.8 Å². The number of anilines is 1. The first kappa shape index (κ1) is 24.2. The van der Waals surface area contributed by atoms with E-state index in [0.717, 1.165) is 56.9 Å². The van der Waals surface area contributed by atoms with E-state index in [1.807, 2.05) is 0 Å². The van der Waals surface area contributed by atoms with Gasteiger partial charge in [-0.2, -0.15) is 5.26 Å². The molecule has 2 aromatic rings. The number of hydrogen-bond acceptors (Lipinski definition) is 5. The molecule has 3 rings (SSSR count). The molecule has 0 radical (unpaired) electrons. The minimum absolute atomic E-state index is 0.131. The van der Waals surface area contributed by atoms with Crippen LogP contribution in [0.5, 0.6) is 0 Å². The molecule has 0 saturated heterocycles. The Morgan fingerprint density at radius 3 is 2.06 bits per heavy atom. The summed E-state index contributed by atoms with van der Waals surface area (Å²) in [6.45, 7) is 4.05. The molecule has 1 aliphatic rings. The number of furan rings is 1. The number of nitrogens with one attached hydrogen (secondary N) is 1. The standard InChI is InChI=1S/C26H31N3O4/c1-18-19(2)33-24(22(18)17-27)28-23(30)15-9-7-5-3-4-6-8-12-16-29-25(31)20-13-10-11-14-21(20)26(29)32/h10-11,13-14H,3-9,12,15-16H2,1-2H3,(H,28,30). The van der Waals surface area contributed by atoms with Crippen LogP contribution in [0.25, 0.3) is 0 Å². The molecule has 1 aliphatic heterocycles. The number of hydrogen-bond donors (Lipinski definition) is 1. The third kappa shape index (κ3) is 5.89. The van der Waals surface area contributed by atoms with Crippen LogP contribution >= 0.6 is 0 Å². The topological polar surface area (TPSA) is 103 Å².